The number of nitrogens with zero attached hydrogens (tertiary/aromatic N) is 1. The van der Waals surface area contributed by atoms with Crippen LogP contribution < -0.4 is 10.2 Å². The van der Waals surface area contributed by atoms with Crippen LogP contribution >= 0.6 is 11.6 Å². The minimum Gasteiger partial charge on any atom is -0.364 e. The summed E-state index contributed by atoms with van der Waals surface area (Å²) < 4.78 is 40.0. The second-order valence-corrected chi connectivity index (χ2v) is 6.09. The van der Waals surface area contributed by atoms with Crippen LogP contribution in [0.15, 0.2) is 73.1 Å². The van der Waals surface area contributed by atoms with Gasteiger partial charge in [0.05, 0.1) is 12.1 Å². The maximum absolute atomic E-state index is 13.3. The highest BCUT2D eigenvalue weighted by molar-refractivity contribution is 6.30. The fraction of sp³-hybridized carbons (Fsp3) is 0.200. The number of allylic oxidation sites excluding steroid dienone is 1. The lowest BCUT2D eigenvalue weighted by Gasteiger charge is -2.28. The van der Waals surface area contributed by atoms with Crippen LogP contribution in [-0.4, -0.2) is 6.54 Å². The molecule has 2 rings (SSSR count). The van der Waals surface area contributed by atoms with Gasteiger partial charge in [0.1, 0.15) is 0 Å². The maximum atomic E-state index is 13.3. The molecule has 0 aliphatic heterocycles. The summed E-state index contributed by atoms with van der Waals surface area (Å²) in [5, 5.41) is 3.53. The fourth-order valence-corrected chi connectivity index (χ4v) is 2.79. The van der Waals surface area contributed by atoms with Gasteiger partial charge in [-0.05, 0) is 43.0 Å². The van der Waals surface area contributed by atoms with Crippen molar-refractivity contribution in [3.63, 3.8) is 0 Å². The molecule has 2 aromatic rings. The predicted molar refractivity (Wildman–Crippen MR) is 101 cm³/mol. The highest BCUT2D eigenvalue weighted by Crippen LogP contribution is 2.33. The van der Waals surface area contributed by atoms with Crippen LogP contribution in [-0.2, 0) is 12.7 Å². The first-order valence-electron chi connectivity index (χ1n) is 8.03. The quantitative estimate of drug-likeness (QED) is 0.633. The van der Waals surface area contributed by atoms with E-state index in [1.54, 1.807) is 24.3 Å². The Morgan fingerprint density at radius 2 is 1.92 bits per heavy atom. The Kier molecular flexibility index (Phi) is 6.75. The van der Waals surface area contributed by atoms with E-state index in [4.69, 9.17) is 11.6 Å². The third-order valence-electron chi connectivity index (χ3n) is 3.85. The molecule has 0 aliphatic carbocycles. The van der Waals surface area contributed by atoms with Crippen LogP contribution in [0.1, 0.15) is 18.1 Å². The molecular weight excluding hydrogens is 361 g/mol. The van der Waals surface area contributed by atoms with E-state index < -0.39 is 11.7 Å². The van der Waals surface area contributed by atoms with Gasteiger partial charge in [-0.15, -0.1) is 0 Å². The lowest BCUT2D eigenvalue weighted by Crippen LogP contribution is -2.29. The van der Waals surface area contributed by atoms with E-state index in [1.807, 2.05) is 24.0 Å². The molecule has 0 aromatic heterocycles. The van der Waals surface area contributed by atoms with E-state index in [0.717, 1.165) is 17.5 Å². The van der Waals surface area contributed by atoms with E-state index in [9.17, 15) is 13.2 Å². The van der Waals surface area contributed by atoms with Gasteiger partial charge in [-0.3, -0.25) is 0 Å². The van der Waals surface area contributed by atoms with Crippen molar-refractivity contribution in [2.24, 2.45) is 0 Å². The smallest absolute Gasteiger partial charge is 0.364 e. The summed E-state index contributed by atoms with van der Waals surface area (Å²) in [6.07, 6.45) is -1.01. The molecule has 0 unspecified atom stereocenters. The number of alkyl halides is 3. The molecular formula is C20H20ClF3N2. The number of hydrogen-bond donors (Lipinski definition) is 1. The first-order chi connectivity index (χ1) is 12.3. The van der Waals surface area contributed by atoms with Gasteiger partial charge in [0.2, 0.25) is 0 Å². The van der Waals surface area contributed by atoms with Crippen LogP contribution in [0.2, 0.25) is 5.02 Å². The molecule has 0 saturated heterocycles. The van der Waals surface area contributed by atoms with Crippen molar-refractivity contribution in [3.8, 4) is 0 Å². The summed E-state index contributed by atoms with van der Waals surface area (Å²) in [7, 11) is 0. The lowest BCUT2D eigenvalue weighted by molar-refractivity contribution is -0.138. The van der Waals surface area contributed by atoms with Crippen molar-refractivity contribution in [2.45, 2.75) is 19.6 Å². The molecule has 1 N–H and O–H groups in total. The van der Waals surface area contributed by atoms with Crippen molar-refractivity contribution in [1.82, 2.24) is 5.32 Å². The Morgan fingerprint density at radius 3 is 2.54 bits per heavy atom. The summed E-state index contributed by atoms with van der Waals surface area (Å²) in [6.45, 7) is 5.96. The first kappa shape index (κ1) is 19.9. The molecule has 0 fully saturated rings. The number of hydrogen-bond acceptors (Lipinski definition) is 2. The van der Waals surface area contributed by atoms with Crippen LogP contribution in [0.25, 0.3) is 0 Å². The van der Waals surface area contributed by atoms with Gasteiger partial charge < -0.3 is 10.2 Å². The summed E-state index contributed by atoms with van der Waals surface area (Å²) in [6, 6.07) is 12.7. The zero-order chi connectivity index (χ0) is 19.2. The van der Waals surface area contributed by atoms with Crippen LogP contribution in [0, 0.1) is 0 Å². The molecule has 0 amide bonds. The molecule has 0 aliphatic rings. The minimum absolute atomic E-state index is 0.0895. The zero-order valence-electron chi connectivity index (χ0n) is 14.4. The van der Waals surface area contributed by atoms with E-state index in [1.165, 1.54) is 18.3 Å². The van der Waals surface area contributed by atoms with Crippen LogP contribution in [0.3, 0.4) is 0 Å². The van der Waals surface area contributed by atoms with Gasteiger partial charge in [0.15, 0.2) is 0 Å². The Bertz CT molecular complexity index is 785. The molecule has 138 valence electrons. The fourth-order valence-electron chi connectivity index (χ4n) is 2.61. The van der Waals surface area contributed by atoms with Gasteiger partial charge in [-0.1, -0.05) is 48.5 Å². The molecule has 2 aromatic carbocycles. The van der Waals surface area contributed by atoms with Crippen molar-refractivity contribution in [2.75, 3.05) is 11.4 Å². The Labute approximate surface area is 156 Å². The predicted octanol–water partition coefficient (Wildman–Crippen LogP) is 6.00. The summed E-state index contributed by atoms with van der Waals surface area (Å²) in [5.41, 5.74) is 1.13. The molecule has 0 saturated carbocycles. The second kappa shape index (κ2) is 8.81. The third-order valence-corrected chi connectivity index (χ3v) is 4.09. The standard InChI is InChI=1S/C20H20ClF3N2/c1-3-17(25-4-2)14-26(18-10-7-9-16(21)12-18)13-15-8-5-6-11-19(15)20(22,23)24/h3-12,25H,2,13-14H2,1H3/b17-3-. The number of benzene rings is 2. The van der Waals surface area contributed by atoms with E-state index in [2.05, 4.69) is 11.9 Å². The third kappa shape index (κ3) is 5.30. The Hall–Kier alpha value is -2.40. The second-order valence-electron chi connectivity index (χ2n) is 5.65. The van der Waals surface area contributed by atoms with Crippen LogP contribution in [0.4, 0.5) is 18.9 Å². The van der Waals surface area contributed by atoms with Gasteiger partial charge in [0.25, 0.3) is 0 Å². The molecule has 26 heavy (non-hydrogen) atoms. The van der Waals surface area contributed by atoms with E-state index >= 15 is 0 Å². The molecule has 0 radical (unpaired) electrons. The average molecular weight is 381 g/mol. The Morgan fingerprint density at radius 1 is 1.19 bits per heavy atom. The van der Waals surface area contributed by atoms with Crippen molar-refractivity contribution >= 4 is 17.3 Å². The van der Waals surface area contributed by atoms with E-state index in [0.29, 0.717) is 11.6 Å². The monoisotopic (exact) mass is 380 g/mol. The van der Waals surface area contributed by atoms with Gasteiger partial charge in [-0.2, -0.15) is 13.2 Å². The minimum atomic E-state index is -4.40. The van der Waals surface area contributed by atoms with E-state index in [-0.39, 0.29) is 12.1 Å². The topological polar surface area (TPSA) is 15.3 Å². The molecule has 0 heterocycles. The van der Waals surface area contributed by atoms with Crippen molar-refractivity contribution in [1.29, 1.82) is 0 Å². The maximum Gasteiger partial charge on any atom is 0.416 e. The molecule has 0 atom stereocenters. The van der Waals surface area contributed by atoms with Gasteiger partial charge in [-0.25, -0.2) is 0 Å². The van der Waals surface area contributed by atoms with Gasteiger partial charge >= 0.3 is 6.18 Å². The number of rotatable bonds is 7. The number of halogens is 4. The zero-order valence-corrected chi connectivity index (χ0v) is 15.1. The largest absolute Gasteiger partial charge is 0.416 e. The highest BCUT2D eigenvalue weighted by Gasteiger charge is 2.33. The van der Waals surface area contributed by atoms with Crippen molar-refractivity contribution in [3.05, 3.63) is 89.2 Å². The average Bonchev–Trinajstić information content (AvgIpc) is 2.60. The summed E-state index contributed by atoms with van der Waals surface area (Å²) >= 11 is 6.07. The first-order valence-corrected chi connectivity index (χ1v) is 8.41. The molecule has 2 nitrogen and oxygen atoms in total. The number of nitrogens with one attached hydrogen (secondary N) is 1. The molecule has 0 bridgehead atoms. The summed E-state index contributed by atoms with van der Waals surface area (Å²) in [5.74, 6) is 0. The van der Waals surface area contributed by atoms with Gasteiger partial charge in [0, 0.05) is 23.0 Å². The molecule has 6 heteroatoms. The summed E-state index contributed by atoms with van der Waals surface area (Å²) in [4.78, 5) is 1.84. The molecule has 0 spiro atoms. The van der Waals surface area contributed by atoms with Crippen LogP contribution in [0.5, 0.6) is 0 Å². The highest BCUT2D eigenvalue weighted by atomic mass is 35.5. The Balaban J connectivity index is 2.41. The number of anilines is 1. The lowest BCUT2D eigenvalue weighted by atomic mass is 10.1. The normalized spacial score (nSPS) is 12.0. The van der Waals surface area contributed by atoms with Crippen molar-refractivity contribution < 1.29 is 13.2 Å². The SMILES string of the molecule is C=CN/C(=C\C)CN(Cc1ccccc1C(F)(F)F)c1cccc(Cl)c1.